The quantitative estimate of drug-likeness (QED) is 0.793. The predicted octanol–water partition coefficient (Wildman–Crippen LogP) is 3.49. The maximum absolute atomic E-state index is 14.6. The third-order valence-corrected chi connectivity index (χ3v) is 5.40. The number of morpholine rings is 1. The van der Waals surface area contributed by atoms with Crippen LogP contribution in [0.5, 0.6) is 5.75 Å². The van der Waals surface area contributed by atoms with Crippen LogP contribution in [0.3, 0.4) is 0 Å². The molecule has 4 rings (SSSR count). The van der Waals surface area contributed by atoms with E-state index in [4.69, 9.17) is 9.47 Å². The van der Waals surface area contributed by atoms with E-state index in [1.807, 2.05) is 28.9 Å². The van der Waals surface area contributed by atoms with Crippen molar-refractivity contribution in [2.45, 2.75) is 25.9 Å². The van der Waals surface area contributed by atoms with Crippen molar-refractivity contribution in [2.24, 2.45) is 0 Å². The summed E-state index contributed by atoms with van der Waals surface area (Å²) in [5.74, 6) is 0.141. The molecule has 0 aliphatic carbocycles. The Balaban J connectivity index is 1.40. The van der Waals surface area contributed by atoms with Crippen LogP contribution in [0.2, 0.25) is 0 Å². The predicted molar refractivity (Wildman–Crippen MR) is 107 cm³/mol. The number of benzene rings is 1. The Labute approximate surface area is 170 Å². The van der Waals surface area contributed by atoms with Crippen LogP contribution < -0.4 is 4.74 Å². The summed E-state index contributed by atoms with van der Waals surface area (Å²) in [5.41, 5.74) is 2.12. The van der Waals surface area contributed by atoms with E-state index in [1.54, 1.807) is 18.3 Å². The van der Waals surface area contributed by atoms with Crippen LogP contribution in [0.4, 0.5) is 9.18 Å². The Morgan fingerprint density at radius 2 is 2.00 bits per heavy atom. The molecule has 2 aliphatic rings. The first kappa shape index (κ1) is 19.6. The van der Waals surface area contributed by atoms with Gasteiger partial charge in [-0.05, 0) is 38.0 Å². The SMILES string of the molecule is Cc1ccc(-c2ccc(OC3CCCN(C(=O)N4CCOCC4)C3)cc2F)cn1. The molecule has 0 saturated carbocycles. The van der Waals surface area contributed by atoms with Gasteiger partial charge in [0.25, 0.3) is 0 Å². The number of rotatable bonds is 3. The minimum Gasteiger partial charge on any atom is -0.488 e. The Morgan fingerprint density at radius 3 is 2.72 bits per heavy atom. The van der Waals surface area contributed by atoms with Crippen molar-refractivity contribution >= 4 is 6.03 Å². The number of pyridine rings is 1. The van der Waals surface area contributed by atoms with Crippen molar-refractivity contribution < 1.29 is 18.7 Å². The first-order chi connectivity index (χ1) is 14.1. The number of hydrogen-bond donors (Lipinski definition) is 0. The normalized spacial score (nSPS) is 19.9. The first-order valence-corrected chi connectivity index (χ1v) is 10.1. The second kappa shape index (κ2) is 8.78. The molecule has 154 valence electrons. The van der Waals surface area contributed by atoms with Crippen molar-refractivity contribution in [3.8, 4) is 16.9 Å². The molecule has 1 atom stereocenters. The van der Waals surface area contributed by atoms with Crippen LogP contribution >= 0.6 is 0 Å². The van der Waals surface area contributed by atoms with Gasteiger partial charge < -0.3 is 19.3 Å². The average Bonchev–Trinajstić information content (AvgIpc) is 2.75. The van der Waals surface area contributed by atoms with Gasteiger partial charge in [0, 0.05) is 48.7 Å². The van der Waals surface area contributed by atoms with Gasteiger partial charge in [-0.15, -0.1) is 0 Å². The van der Waals surface area contributed by atoms with Crippen molar-refractivity contribution in [3.63, 3.8) is 0 Å². The van der Waals surface area contributed by atoms with Crippen LogP contribution in [0.15, 0.2) is 36.5 Å². The standard InChI is InChI=1S/C22H26FN3O3/c1-16-4-5-17(14-24-16)20-7-6-18(13-21(20)23)29-19-3-2-8-26(15-19)22(27)25-9-11-28-12-10-25/h4-7,13-14,19H,2-3,8-12,15H2,1H3. The van der Waals surface area contributed by atoms with E-state index in [1.165, 1.54) is 6.07 Å². The zero-order chi connectivity index (χ0) is 20.2. The fraction of sp³-hybridized carbons (Fsp3) is 0.455. The van der Waals surface area contributed by atoms with E-state index in [9.17, 15) is 9.18 Å². The highest BCUT2D eigenvalue weighted by molar-refractivity contribution is 5.74. The molecule has 3 heterocycles. The monoisotopic (exact) mass is 399 g/mol. The summed E-state index contributed by atoms with van der Waals surface area (Å²) in [6.07, 6.45) is 3.25. The molecular weight excluding hydrogens is 373 g/mol. The van der Waals surface area contributed by atoms with E-state index in [2.05, 4.69) is 4.98 Å². The van der Waals surface area contributed by atoms with Crippen molar-refractivity contribution in [2.75, 3.05) is 39.4 Å². The van der Waals surface area contributed by atoms with Gasteiger partial charge in [-0.1, -0.05) is 6.07 Å². The minimum atomic E-state index is -0.342. The summed E-state index contributed by atoms with van der Waals surface area (Å²) in [4.78, 5) is 20.6. The molecule has 2 amide bonds. The van der Waals surface area contributed by atoms with E-state index in [0.717, 1.165) is 30.6 Å². The van der Waals surface area contributed by atoms with E-state index in [0.29, 0.717) is 44.2 Å². The van der Waals surface area contributed by atoms with Gasteiger partial charge in [0.15, 0.2) is 0 Å². The minimum absolute atomic E-state index is 0.0370. The Hall–Kier alpha value is -2.67. The molecule has 2 aromatic rings. The van der Waals surface area contributed by atoms with Crippen molar-refractivity contribution in [3.05, 3.63) is 48.0 Å². The second-order valence-electron chi connectivity index (χ2n) is 7.54. The van der Waals surface area contributed by atoms with Gasteiger partial charge >= 0.3 is 6.03 Å². The van der Waals surface area contributed by atoms with E-state index >= 15 is 0 Å². The zero-order valence-corrected chi connectivity index (χ0v) is 16.6. The number of carbonyl (C=O) groups is 1. The summed E-state index contributed by atoms with van der Waals surface area (Å²) in [6, 6.07) is 8.67. The van der Waals surface area contributed by atoms with Crippen molar-refractivity contribution in [1.29, 1.82) is 0 Å². The summed E-state index contributed by atoms with van der Waals surface area (Å²) in [7, 11) is 0. The van der Waals surface area contributed by atoms with Crippen LogP contribution in [-0.2, 0) is 4.74 Å². The average molecular weight is 399 g/mol. The fourth-order valence-electron chi connectivity index (χ4n) is 3.79. The zero-order valence-electron chi connectivity index (χ0n) is 16.6. The molecule has 0 N–H and O–H groups in total. The van der Waals surface area contributed by atoms with Gasteiger partial charge in [0.1, 0.15) is 17.7 Å². The number of aromatic nitrogens is 1. The maximum Gasteiger partial charge on any atom is 0.320 e. The van der Waals surface area contributed by atoms with Gasteiger partial charge in [-0.25, -0.2) is 9.18 Å². The molecule has 1 aromatic carbocycles. The smallest absolute Gasteiger partial charge is 0.320 e. The van der Waals surface area contributed by atoms with Gasteiger partial charge in [0.05, 0.1) is 19.8 Å². The molecule has 2 fully saturated rings. The van der Waals surface area contributed by atoms with Crippen LogP contribution in [0.25, 0.3) is 11.1 Å². The van der Waals surface area contributed by atoms with Crippen molar-refractivity contribution in [1.82, 2.24) is 14.8 Å². The van der Waals surface area contributed by atoms with E-state index < -0.39 is 0 Å². The highest BCUT2D eigenvalue weighted by atomic mass is 19.1. The summed E-state index contributed by atoms with van der Waals surface area (Å²) in [5, 5.41) is 0. The Bertz CT molecular complexity index is 853. The molecule has 2 saturated heterocycles. The number of piperidine rings is 1. The molecular formula is C22H26FN3O3. The maximum atomic E-state index is 14.6. The first-order valence-electron chi connectivity index (χ1n) is 10.1. The Morgan fingerprint density at radius 1 is 1.17 bits per heavy atom. The summed E-state index contributed by atoms with van der Waals surface area (Å²) >= 11 is 0. The molecule has 6 nitrogen and oxygen atoms in total. The van der Waals surface area contributed by atoms with Gasteiger partial charge in [0.2, 0.25) is 0 Å². The third-order valence-electron chi connectivity index (χ3n) is 5.40. The molecule has 0 bridgehead atoms. The highest BCUT2D eigenvalue weighted by Gasteiger charge is 2.29. The Kier molecular flexibility index (Phi) is 5.94. The third kappa shape index (κ3) is 4.67. The number of ether oxygens (including phenoxy) is 2. The van der Waals surface area contributed by atoms with Gasteiger partial charge in [-0.2, -0.15) is 0 Å². The lowest BCUT2D eigenvalue weighted by Crippen LogP contribution is -2.52. The number of carbonyl (C=O) groups excluding carboxylic acids is 1. The van der Waals surface area contributed by atoms with Gasteiger partial charge in [-0.3, -0.25) is 4.98 Å². The number of amides is 2. The molecule has 1 aromatic heterocycles. The molecule has 0 radical (unpaired) electrons. The lowest BCUT2D eigenvalue weighted by molar-refractivity contribution is 0.0330. The second-order valence-corrected chi connectivity index (χ2v) is 7.54. The summed E-state index contributed by atoms with van der Waals surface area (Å²) < 4.78 is 26.0. The number of halogens is 1. The van der Waals surface area contributed by atoms with Crippen LogP contribution in [0.1, 0.15) is 18.5 Å². The number of urea groups is 1. The lowest BCUT2D eigenvalue weighted by atomic mass is 10.1. The van der Waals surface area contributed by atoms with E-state index in [-0.39, 0.29) is 18.0 Å². The molecule has 7 heteroatoms. The number of nitrogens with zero attached hydrogens (tertiary/aromatic N) is 3. The topological polar surface area (TPSA) is 54.9 Å². The summed E-state index contributed by atoms with van der Waals surface area (Å²) in [6.45, 7) is 5.56. The van der Waals surface area contributed by atoms with Crippen LogP contribution in [-0.4, -0.2) is 66.3 Å². The van der Waals surface area contributed by atoms with Crippen LogP contribution in [0, 0.1) is 12.7 Å². The molecule has 1 unspecified atom stereocenters. The molecule has 0 spiro atoms. The number of likely N-dealkylation sites (tertiary alicyclic amines) is 1. The molecule has 29 heavy (non-hydrogen) atoms. The number of hydrogen-bond acceptors (Lipinski definition) is 4. The highest BCUT2D eigenvalue weighted by Crippen LogP contribution is 2.27. The fourth-order valence-corrected chi connectivity index (χ4v) is 3.79. The number of aryl methyl sites for hydroxylation is 1. The molecule has 2 aliphatic heterocycles. The largest absolute Gasteiger partial charge is 0.488 e. The lowest BCUT2D eigenvalue weighted by Gasteiger charge is -2.37.